The van der Waals surface area contributed by atoms with Crippen LogP contribution in [0.4, 0.5) is 5.82 Å². The van der Waals surface area contributed by atoms with Gasteiger partial charge in [-0.05, 0) is 42.6 Å². The third-order valence-electron chi connectivity index (χ3n) is 3.91. The van der Waals surface area contributed by atoms with Crippen molar-refractivity contribution in [2.75, 3.05) is 18.8 Å². The van der Waals surface area contributed by atoms with E-state index in [1.807, 2.05) is 18.2 Å². The molecule has 0 saturated carbocycles. The zero-order valence-electron chi connectivity index (χ0n) is 11.3. The molecule has 0 amide bonds. The maximum atomic E-state index is 6.07. The molecular formula is C16H18ClN3. The summed E-state index contributed by atoms with van der Waals surface area (Å²) in [5.41, 5.74) is 8.35. The van der Waals surface area contributed by atoms with Crippen molar-refractivity contribution in [3.63, 3.8) is 0 Å². The third kappa shape index (κ3) is 2.94. The van der Waals surface area contributed by atoms with Crippen LogP contribution < -0.4 is 5.73 Å². The predicted octanol–water partition coefficient (Wildman–Crippen LogP) is 3.31. The minimum Gasteiger partial charge on any atom is -0.383 e. The smallest absolute Gasteiger partial charge is 0.127 e. The first-order valence-corrected chi connectivity index (χ1v) is 7.27. The van der Waals surface area contributed by atoms with E-state index in [0.717, 1.165) is 30.2 Å². The molecule has 1 fully saturated rings. The molecule has 4 heteroatoms. The Bertz CT molecular complexity index is 600. The Balaban J connectivity index is 1.67. The van der Waals surface area contributed by atoms with E-state index < -0.39 is 0 Å². The number of nitrogens with zero attached hydrogens (tertiary/aromatic N) is 2. The van der Waals surface area contributed by atoms with Crippen LogP contribution in [0.5, 0.6) is 0 Å². The van der Waals surface area contributed by atoms with E-state index >= 15 is 0 Å². The second-order valence-electron chi connectivity index (χ2n) is 5.32. The topological polar surface area (TPSA) is 42.1 Å². The number of pyridine rings is 1. The van der Waals surface area contributed by atoms with Crippen molar-refractivity contribution >= 4 is 17.4 Å². The van der Waals surface area contributed by atoms with Gasteiger partial charge in [-0.15, -0.1) is 0 Å². The minimum atomic E-state index is 0.562. The molecule has 1 atom stereocenters. The van der Waals surface area contributed by atoms with E-state index in [1.165, 1.54) is 12.0 Å². The molecule has 1 saturated heterocycles. The van der Waals surface area contributed by atoms with Crippen molar-refractivity contribution in [1.82, 2.24) is 9.88 Å². The van der Waals surface area contributed by atoms with Gasteiger partial charge in [0.2, 0.25) is 0 Å². The fourth-order valence-corrected chi connectivity index (χ4v) is 3.03. The summed E-state index contributed by atoms with van der Waals surface area (Å²) in [5, 5.41) is 0.817. The molecule has 2 heterocycles. The largest absolute Gasteiger partial charge is 0.383 e. The lowest BCUT2D eigenvalue weighted by Crippen LogP contribution is -2.20. The maximum absolute atomic E-state index is 6.07. The quantitative estimate of drug-likeness (QED) is 0.942. The number of halogens is 1. The van der Waals surface area contributed by atoms with Gasteiger partial charge in [0.1, 0.15) is 5.82 Å². The number of rotatable bonds is 3. The monoisotopic (exact) mass is 287 g/mol. The molecular weight excluding hydrogens is 270 g/mol. The standard InChI is InChI=1S/C16H18ClN3/c17-15-5-1-3-12(9-15)13-6-8-20(10-13)11-14-4-2-7-19-16(14)18/h1-5,7,9,13H,6,8,10-11H2,(H2,18,19)/t13-/m0/s1. The van der Waals surface area contributed by atoms with Crippen molar-refractivity contribution in [1.29, 1.82) is 0 Å². The Hall–Kier alpha value is -1.58. The molecule has 20 heavy (non-hydrogen) atoms. The number of nitrogen functional groups attached to an aromatic ring is 1. The lowest BCUT2D eigenvalue weighted by molar-refractivity contribution is 0.327. The Morgan fingerprint density at radius 1 is 1.30 bits per heavy atom. The van der Waals surface area contributed by atoms with Crippen molar-refractivity contribution in [2.24, 2.45) is 0 Å². The Kier molecular flexibility index (Phi) is 3.90. The van der Waals surface area contributed by atoms with Crippen LogP contribution in [0.1, 0.15) is 23.5 Å². The van der Waals surface area contributed by atoms with Gasteiger partial charge < -0.3 is 5.73 Å². The third-order valence-corrected chi connectivity index (χ3v) is 4.15. The summed E-state index contributed by atoms with van der Waals surface area (Å²) in [4.78, 5) is 6.57. The van der Waals surface area contributed by atoms with Crippen LogP contribution in [0.25, 0.3) is 0 Å². The molecule has 0 spiro atoms. The SMILES string of the molecule is Nc1ncccc1CN1CC[C@H](c2cccc(Cl)c2)C1. The van der Waals surface area contributed by atoms with Crippen molar-refractivity contribution in [2.45, 2.75) is 18.9 Å². The van der Waals surface area contributed by atoms with Gasteiger partial charge in [-0.3, -0.25) is 4.90 Å². The van der Waals surface area contributed by atoms with Gasteiger partial charge in [-0.2, -0.15) is 0 Å². The van der Waals surface area contributed by atoms with E-state index in [1.54, 1.807) is 6.20 Å². The maximum Gasteiger partial charge on any atom is 0.127 e. The summed E-state index contributed by atoms with van der Waals surface area (Å²) in [6, 6.07) is 12.2. The van der Waals surface area contributed by atoms with Gasteiger partial charge in [0, 0.05) is 29.9 Å². The highest BCUT2D eigenvalue weighted by atomic mass is 35.5. The van der Waals surface area contributed by atoms with Crippen molar-refractivity contribution in [3.05, 3.63) is 58.7 Å². The second kappa shape index (κ2) is 5.81. The molecule has 0 aliphatic carbocycles. The molecule has 2 N–H and O–H groups in total. The molecule has 2 aromatic rings. The highest BCUT2D eigenvalue weighted by Gasteiger charge is 2.24. The number of hydrogen-bond donors (Lipinski definition) is 1. The lowest BCUT2D eigenvalue weighted by Gasteiger charge is -2.17. The Labute approximate surface area is 124 Å². The first-order valence-electron chi connectivity index (χ1n) is 6.89. The van der Waals surface area contributed by atoms with Gasteiger partial charge in [0.25, 0.3) is 0 Å². The molecule has 3 rings (SSSR count). The normalized spacial score (nSPS) is 19.4. The van der Waals surface area contributed by atoms with Gasteiger partial charge in [0.05, 0.1) is 0 Å². The number of hydrogen-bond acceptors (Lipinski definition) is 3. The highest BCUT2D eigenvalue weighted by Crippen LogP contribution is 2.29. The van der Waals surface area contributed by atoms with Crippen molar-refractivity contribution < 1.29 is 0 Å². The molecule has 1 aromatic heterocycles. The Morgan fingerprint density at radius 3 is 3.00 bits per heavy atom. The summed E-state index contributed by atoms with van der Waals surface area (Å²) < 4.78 is 0. The van der Waals surface area contributed by atoms with E-state index in [4.69, 9.17) is 17.3 Å². The molecule has 3 nitrogen and oxygen atoms in total. The lowest BCUT2D eigenvalue weighted by atomic mass is 9.99. The van der Waals surface area contributed by atoms with E-state index in [-0.39, 0.29) is 0 Å². The van der Waals surface area contributed by atoms with Crippen LogP contribution in [-0.4, -0.2) is 23.0 Å². The molecule has 1 aliphatic rings. The van der Waals surface area contributed by atoms with Gasteiger partial charge in [0.15, 0.2) is 0 Å². The second-order valence-corrected chi connectivity index (χ2v) is 5.76. The average Bonchev–Trinajstić information content (AvgIpc) is 2.90. The van der Waals surface area contributed by atoms with Crippen LogP contribution in [-0.2, 0) is 6.54 Å². The Morgan fingerprint density at radius 2 is 2.20 bits per heavy atom. The van der Waals surface area contributed by atoms with Gasteiger partial charge in [-0.1, -0.05) is 29.8 Å². The average molecular weight is 288 g/mol. The molecule has 0 radical (unpaired) electrons. The van der Waals surface area contributed by atoms with Crippen molar-refractivity contribution in [3.8, 4) is 0 Å². The molecule has 104 valence electrons. The number of benzene rings is 1. The summed E-state index contributed by atoms with van der Waals surface area (Å²) in [7, 11) is 0. The number of anilines is 1. The fraction of sp³-hybridized carbons (Fsp3) is 0.312. The van der Waals surface area contributed by atoms with Gasteiger partial charge >= 0.3 is 0 Å². The zero-order chi connectivity index (χ0) is 13.9. The van der Waals surface area contributed by atoms with Crippen LogP contribution >= 0.6 is 11.6 Å². The summed E-state index contributed by atoms with van der Waals surface area (Å²) in [6.07, 6.45) is 2.90. The fourth-order valence-electron chi connectivity index (χ4n) is 2.83. The van der Waals surface area contributed by atoms with Crippen LogP contribution in [0.15, 0.2) is 42.6 Å². The molecule has 1 aliphatic heterocycles. The zero-order valence-corrected chi connectivity index (χ0v) is 12.1. The van der Waals surface area contributed by atoms with Gasteiger partial charge in [-0.25, -0.2) is 4.98 Å². The summed E-state index contributed by atoms with van der Waals surface area (Å²) in [5.74, 6) is 1.20. The molecule has 1 aromatic carbocycles. The first kappa shape index (κ1) is 13.4. The minimum absolute atomic E-state index is 0.562. The summed E-state index contributed by atoms with van der Waals surface area (Å²) in [6.45, 7) is 3.01. The first-order chi connectivity index (χ1) is 9.72. The number of nitrogens with two attached hydrogens (primary N) is 1. The number of likely N-dealkylation sites (tertiary alicyclic amines) is 1. The highest BCUT2D eigenvalue weighted by molar-refractivity contribution is 6.30. The molecule has 0 bridgehead atoms. The van der Waals surface area contributed by atoms with Crippen LogP contribution in [0.2, 0.25) is 5.02 Å². The van der Waals surface area contributed by atoms with E-state index in [9.17, 15) is 0 Å². The van der Waals surface area contributed by atoms with E-state index in [0.29, 0.717) is 11.7 Å². The van der Waals surface area contributed by atoms with Crippen LogP contribution in [0.3, 0.4) is 0 Å². The van der Waals surface area contributed by atoms with E-state index in [2.05, 4.69) is 28.1 Å². The predicted molar refractivity (Wildman–Crippen MR) is 82.7 cm³/mol. The number of aromatic nitrogens is 1. The molecule has 0 unspecified atom stereocenters. The summed E-state index contributed by atoms with van der Waals surface area (Å²) >= 11 is 6.07. The van der Waals surface area contributed by atoms with Crippen LogP contribution in [0, 0.1) is 0 Å².